The van der Waals surface area contributed by atoms with E-state index in [9.17, 15) is 0 Å². The molecule has 0 bridgehead atoms. The van der Waals surface area contributed by atoms with Crippen molar-refractivity contribution in [2.24, 2.45) is 0 Å². The summed E-state index contributed by atoms with van der Waals surface area (Å²) in [5.74, 6) is 0. The van der Waals surface area contributed by atoms with Crippen LogP contribution in [0.25, 0.3) is 86.3 Å². The zero-order chi connectivity index (χ0) is 36.3. The fraction of sp³-hybridized carbons (Fsp3) is 0. The highest BCUT2D eigenvalue weighted by molar-refractivity contribution is 7.25. The summed E-state index contributed by atoms with van der Waals surface area (Å²) in [6.07, 6.45) is 0. The average Bonchev–Trinajstić information content (AvgIpc) is 3.82. The van der Waals surface area contributed by atoms with Crippen molar-refractivity contribution in [3.63, 3.8) is 0 Å². The van der Waals surface area contributed by atoms with E-state index >= 15 is 0 Å². The van der Waals surface area contributed by atoms with Crippen LogP contribution in [0.5, 0.6) is 0 Å². The highest BCUT2D eigenvalue weighted by atomic mass is 32.1. The van der Waals surface area contributed by atoms with Crippen molar-refractivity contribution in [3.8, 4) is 33.4 Å². The Kier molecular flexibility index (Phi) is 7.39. The lowest BCUT2D eigenvalue weighted by Crippen LogP contribution is -2.11. The molecule has 11 aromatic rings. The van der Waals surface area contributed by atoms with Gasteiger partial charge in [-0.25, -0.2) is 0 Å². The van der Waals surface area contributed by atoms with Gasteiger partial charge < -0.3 is 9.32 Å². The molecule has 0 aliphatic heterocycles. The van der Waals surface area contributed by atoms with Gasteiger partial charge in [0.25, 0.3) is 0 Å². The van der Waals surface area contributed by atoms with Gasteiger partial charge >= 0.3 is 0 Å². The normalized spacial score (nSPS) is 11.6. The molecule has 0 saturated carbocycles. The van der Waals surface area contributed by atoms with E-state index in [4.69, 9.17) is 4.42 Å². The van der Waals surface area contributed by atoms with Gasteiger partial charge in [-0.15, -0.1) is 11.3 Å². The fourth-order valence-electron chi connectivity index (χ4n) is 8.21. The third-order valence-electron chi connectivity index (χ3n) is 10.9. The zero-order valence-electron chi connectivity index (χ0n) is 29.8. The van der Waals surface area contributed by atoms with Crippen LogP contribution in [0.2, 0.25) is 0 Å². The number of rotatable bonds is 6. The molecule has 0 spiro atoms. The zero-order valence-corrected chi connectivity index (χ0v) is 30.6. The van der Waals surface area contributed by atoms with E-state index in [-0.39, 0.29) is 0 Å². The molecule has 0 aliphatic carbocycles. The topological polar surface area (TPSA) is 16.4 Å². The molecule has 2 aromatic heterocycles. The molecule has 3 heteroatoms. The predicted molar refractivity (Wildman–Crippen MR) is 235 cm³/mol. The van der Waals surface area contributed by atoms with Gasteiger partial charge in [0.2, 0.25) is 0 Å². The van der Waals surface area contributed by atoms with Crippen LogP contribution in [0.3, 0.4) is 0 Å². The van der Waals surface area contributed by atoms with Gasteiger partial charge in [-0.3, -0.25) is 0 Å². The summed E-state index contributed by atoms with van der Waals surface area (Å²) < 4.78 is 8.94. The minimum Gasteiger partial charge on any atom is -0.456 e. The van der Waals surface area contributed by atoms with E-state index in [0.29, 0.717) is 0 Å². The first-order valence-corrected chi connectivity index (χ1v) is 19.5. The molecule has 0 unspecified atom stereocenters. The molecule has 55 heavy (non-hydrogen) atoms. The molecule has 0 aliphatic rings. The number of para-hydroxylation sites is 1. The second-order valence-electron chi connectivity index (χ2n) is 14.1. The van der Waals surface area contributed by atoms with Gasteiger partial charge in [0.15, 0.2) is 0 Å². The van der Waals surface area contributed by atoms with Crippen molar-refractivity contribution >= 4 is 81.3 Å². The lowest BCUT2D eigenvalue weighted by Gasteiger charge is -2.29. The molecule has 11 rings (SSSR count). The number of fused-ring (bicyclic) bond motifs is 7. The quantitative estimate of drug-likeness (QED) is 0.170. The molecule has 9 aromatic carbocycles. The monoisotopic (exact) mass is 719 g/mol. The third-order valence-corrected chi connectivity index (χ3v) is 12.0. The molecular formula is C52H33NOS. The molecule has 2 nitrogen and oxygen atoms in total. The second-order valence-corrected chi connectivity index (χ2v) is 15.2. The summed E-state index contributed by atoms with van der Waals surface area (Å²) in [5, 5.41) is 7.29. The molecule has 0 fully saturated rings. The lowest BCUT2D eigenvalue weighted by atomic mass is 9.94. The summed E-state index contributed by atoms with van der Waals surface area (Å²) in [6, 6.07) is 72.4. The molecule has 0 radical (unpaired) electrons. The van der Waals surface area contributed by atoms with E-state index < -0.39 is 0 Å². The number of hydrogen-bond acceptors (Lipinski definition) is 3. The van der Waals surface area contributed by atoms with Crippen molar-refractivity contribution in [2.45, 2.75) is 0 Å². The molecule has 0 atom stereocenters. The van der Waals surface area contributed by atoms with E-state index in [1.165, 1.54) is 53.2 Å². The van der Waals surface area contributed by atoms with Crippen LogP contribution in [-0.4, -0.2) is 0 Å². The van der Waals surface area contributed by atoms with Crippen LogP contribution in [0.4, 0.5) is 17.1 Å². The predicted octanol–water partition coefficient (Wildman–Crippen LogP) is 15.6. The molecule has 0 N–H and O–H groups in total. The van der Waals surface area contributed by atoms with Crippen LogP contribution >= 0.6 is 11.3 Å². The Morgan fingerprint density at radius 3 is 1.91 bits per heavy atom. The average molecular weight is 720 g/mol. The number of hydrogen-bond donors (Lipinski definition) is 0. The molecule has 0 saturated heterocycles. The van der Waals surface area contributed by atoms with Crippen molar-refractivity contribution in [3.05, 3.63) is 200 Å². The highest BCUT2D eigenvalue weighted by Crippen LogP contribution is 2.46. The number of anilines is 3. The summed E-state index contributed by atoms with van der Waals surface area (Å²) in [7, 11) is 0. The van der Waals surface area contributed by atoms with Crippen LogP contribution < -0.4 is 4.90 Å². The Morgan fingerprint density at radius 1 is 0.345 bits per heavy atom. The van der Waals surface area contributed by atoms with Gasteiger partial charge in [0.1, 0.15) is 11.2 Å². The molecule has 0 amide bonds. The summed E-state index contributed by atoms with van der Waals surface area (Å²) in [5.41, 5.74) is 12.1. The fourth-order valence-corrected chi connectivity index (χ4v) is 9.30. The minimum atomic E-state index is 0.879. The highest BCUT2D eigenvalue weighted by Gasteiger charge is 2.21. The largest absolute Gasteiger partial charge is 0.456 e. The maximum atomic E-state index is 6.31. The van der Waals surface area contributed by atoms with E-state index in [1.54, 1.807) is 0 Å². The molecule has 2 heterocycles. The number of furan rings is 1. The van der Waals surface area contributed by atoms with Gasteiger partial charge in [-0.05, 0) is 99.3 Å². The van der Waals surface area contributed by atoms with Crippen LogP contribution in [0.15, 0.2) is 205 Å². The smallest absolute Gasteiger partial charge is 0.135 e. The van der Waals surface area contributed by atoms with Gasteiger partial charge in [-0.2, -0.15) is 0 Å². The summed E-state index contributed by atoms with van der Waals surface area (Å²) >= 11 is 1.86. The second kappa shape index (κ2) is 12.9. The SMILES string of the molecule is c1ccc(-c2ccc(-c3cccc4ccccc34)cc2N(c2ccc(-c3ccc4sc5ccccc5c4c3)cc2)c2ccc3oc4ccccc4c3c2)cc1. The van der Waals surface area contributed by atoms with E-state index in [0.717, 1.165) is 50.1 Å². The Balaban J connectivity index is 1.13. The van der Waals surface area contributed by atoms with Crippen molar-refractivity contribution < 1.29 is 4.42 Å². The minimum absolute atomic E-state index is 0.879. The van der Waals surface area contributed by atoms with Crippen molar-refractivity contribution in [1.29, 1.82) is 0 Å². The first kappa shape index (κ1) is 31.6. The number of benzene rings is 9. The first-order chi connectivity index (χ1) is 27.2. The molecular weight excluding hydrogens is 687 g/mol. The number of nitrogens with zero attached hydrogens (tertiary/aromatic N) is 1. The van der Waals surface area contributed by atoms with Gasteiger partial charge in [-0.1, -0.05) is 140 Å². The third kappa shape index (κ3) is 5.40. The Hall–Kier alpha value is -6.94. The summed E-state index contributed by atoms with van der Waals surface area (Å²) in [4.78, 5) is 2.41. The van der Waals surface area contributed by atoms with Gasteiger partial charge in [0, 0.05) is 47.9 Å². The van der Waals surface area contributed by atoms with E-state index in [2.05, 4.69) is 193 Å². The first-order valence-electron chi connectivity index (χ1n) is 18.7. The Labute approximate surface area is 322 Å². The Bertz CT molecular complexity index is 3200. The lowest BCUT2D eigenvalue weighted by molar-refractivity contribution is 0.669. The van der Waals surface area contributed by atoms with Crippen LogP contribution in [-0.2, 0) is 0 Å². The maximum absolute atomic E-state index is 6.31. The van der Waals surface area contributed by atoms with Gasteiger partial charge in [0.05, 0.1) is 5.69 Å². The van der Waals surface area contributed by atoms with Crippen LogP contribution in [0.1, 0.15) is 0 Å². The van der Waals surface area contributed by atoms with Crippen molar-refractivity contribution in [2.75, 3.05) is 4.90 Å². The summed E-state index contributed by atoms with van der Waals surface area (Å²) in [6.45, 7) is 0. The number of thiophene rings is 1. The van der Waals surface area contributed by atoms with E-state index in [1.807, 2.05) is 23.5 Å². The van der Waals surface area contributed by atoms with Crippen LogP contribution in [0, 0.1) is 0 Å². The van der Waals surface area contributed by atoms with Crippen molar-refractivity contribution in [1.82, 2.24) is 0 Å². The standard InChI is InChI=1S/C52H33NOS/c1-2-11-36(12-3-1)43-28-23-38(42-18-10-14-35-13-4-5-15-41(35)42)32-48(43)53(40-27-29-50-46(33-40)44-16-6-8-19-49(44)54-50)39-25-21-34(22-26-39)37-24-30-52-47(31-37)45-17-7-9-20-51(45)55-52/h1-33H. The maximum Gasteiger partial charge on any atom is 0.135 e. The molecule has 258 valence electrons. The Morgan fingerprint density at radius 2 is 1.02 bits per heavy atom.